The molecular formula is C25H30N4O. The van der Waals surface area contributed by atoms with E-state index in [-0.39, 0.29) is 11.9 Å². The van der Waals surface area contributed by atoms with Crippen molar-refractivity contribution in [2.75, 3.05) is 6.54 Å². The number of hydrogen-bond donors (Lipinski definition) is 0. The summed E-state index contributed by atoms with van der Waals surface area (Å²) in [6.07, 6.45) is 6.30. The van der Waals surface area contributed by atoms with E-state index >= 15 is 0 Å². The average Bonchev–Trinajstić information content (AvgIpc) is 3.57. The molecule has 2 heterocycles. The maximum absolute atomic E-state index is 14.0. The number of hydrogen-bond acceptors (Lipinski definition) is 3. The van der Waals surface area contributed by atoms with E-state index in [1.807, 2.05) is 18.7 Å². The molecule has 5 heteroatoms. The van der Waals surface area contributed by atoms with Gasteiger partial charge in [-0.3, -0.25) is 9.48 Å². The van der Waals surface area contributed by atoms with Gasteiger partial charge in [-0.2, -0.15) is 5.10 Å². The lowest BCUT2D eigenvalue weighted by atomic mass is 9.87. The predicted molar refractivity (Wildman–Crippen MR) is 119 cm³/mol. The summed E-state index contributed by atoms with van der Waals surface area (Å²) in [7, 11) is 1.93. The van der Waals surface area contributed by atoms with Gasteiger partial charge in [-0.1, -0.05) is 31.2 Å². The van der Waals surface area contributed by atoms with E-state index in [0.717, 1.165) is 60.2 Å². The largest absolute Gasteiger partial charge is 0.335 e. The second-order valence-corrected chi connectivity index (χ2v) is 8.94. The molecule has 2 aliphatic rings. The van der Waals surface area contributed by atoms with Gasteiger partial charge in [-0.25, -0.2) is 4.98 Å². The third-order valence-corrected chi connectivity index (χ3v) is 6.70. The van der Waals surface area contributed by atoms with Crippen molar-refractivity contribution in [1.82, 2.24) is 19.7 Å². The van der Waals surface area contributed by atoms with Crippen molar-refractivity contribution in [3.63, 3.8) is 0 Å². The molecule has 0 aliphatic heterocycles. The van der Waals surface area contributed by atoms with Gasteiger partial charge in [0.2, 0.25) is 0 Å². The SMILES string of the molecule is CCCN(C(=O)c1cc(C2CC2)nc2c1c(C)nn2C)C1CCc2ccccc2C1. The summed E-state index contributed by atoms with van der Waals surface area (Å²) in [5.41, 5.74) is 6.39. The normalized spacial score (nSPS) is 18.4. The lowest BCUT2D eigenvalue weighted by molar-refractivity contribution is 0.0663. The molecule has 0 saturated heterocycles. The van der Waals surface area contributed by atoms with E-state index in [2.05, 4.69) is 47.3 Å². The molecule has 1 fully saturated rings. The number of aromatic nitrogens is 3. The molecule has 1 amide bonds. The number of benzene rings is 1. The first-order valence-corrected chi connectivity index (χ1v) is 11.3. The van der Waals surface area contributed by atoms with E-state index in [1.54, 1.807) is 0 Å². The maximum Gasteiger partial charge on any atom is 0.254 e. The molecule has 1 unspecified atom stereocenters. The minimum absolute atomic E-state index is 0.145. The first kappa shape index (κ1) is 19.3. The summed E-state index contributed by atoms with van der Waals surface area (Å²) in [4.78, 5) is 21.0. The van der Waals surface area contributed by atoms with Gasteiger partial charge >= 0.3 is 0 Å². The van der Waals surface area contributed by atoms with Gasteiger partial charge in [0.15, 0.2) is 5.65 Å². The van der Waals surface area contributed by atoms with Crippen molar-refractivity contribution in [1.29, 1.82) is 0 Å². The number of fused-ring (bicyclic) bond motifs is 2. The minimum Gasteiger partial charge on any atom is -0.335 e. The van der Waals surface area contributed by atoms with Crippen molar-refractivity contribution in [3.05, 3.63) is 58.4 Å². The number of pyridine rings is 1. The second-order valence-electron chi connectivity index (χ2n) is 8.94. The molecule has 156 valence electrons. The smallest absolute Gasteiger partial charge is 0.254 e. The summed E-state index contributed by atoms with van der Waals surface area (Å²) < 4.78 is 1.83. The maximum atomic E-state index is 14.0. The highest BCUT2D eigenvalue weighted by Gasteiger charge is 2.32. The van der Waals surface area contributed by atoms with Gasteiger partial charge in [0.05, 0.1) is 16.6 Å². The number of amides is 1. The van der Waals surface area contributed by atoms with E-state index < -0.39 is 0 Å². The molecule has 1 aromatic carbocycles. The van der Waals surface area contributed by atoms with Crippen LogP contribution in [0, 0.1) is 6.92 Å². The molecule has 0 bridgehead atoms. The molecule has 0 radical (unpaired) electrons. The van der Waals surface area contributed by atoms with E-state index in [0.29, 0.717) is 5.92 Å². The Morgan fingerprint density at radius 2 is 1.97 bits per heavy atom. The molecule has 5 rings (SSSR count). The van der Waals surface area contributed by atoms with Crippen LogP contribution in [0.15, 0.2) is 30.3 Å². The van der Waals surface area contributed by atoms with Gasteiger partial charge in [0, 0.05) is 31.2 Å². The zero-order valence-electron chi connectivity index (χ0n) is 18.2. The van der Waals surface area contributed by atoms with Crippen molar-refractivity contribution in [3.8, 4) is 0 Å². The van der Waals surface area contributed by atoms with E-state index in [1.165, 1.54) is 24.0 Å². The molecular weight excluding hydrogens is 372 g/mol. The van der Waals surface area contributed by atoms with Crippen LogP contribution in [0.2, 0.25) is 0 Å². The van der Waals surface area contributed by atoms with E-state index in [9.17, 15) is 4.79 Å². The van der Waals surface area contributed by atoms with Gasteiger partial charge in [0.1, 0.15) is 0 Å². The van der Waals surface area contributed by atoms with Crippen molar-refractivity contribution < 1.29 is 4.79 Å². The summed E-state index contributed by atoms with van der Waals surface area (Å²) in [5.74, 6) is 0.643. The Labute approximate surface area is 178 Å². The number of carbonyl (C=O) groups excluding carboxylic acids is 1. The third kappa shape index (κ3) is 3.30. The van der Waals surface area contributed by atoms with Crippen LogP contribution in [0.1, 0.15) is 71.4 Å². The number of aryl methyl sites for hydroxylation is 3. The van der Waals surface area contributed by atoms with Crippen molar-refractivity contribution in [2.45, 2.75) is 64.3 Å². The van der Waals surface area contributed by atoms with Crippen LogP contribution >= 0.6 is 0 Å². The van der Waals surface area contributed by atoms with Crippen LogP contribution in [0.4, 0.5) is 0 Å². The highest BCUT2D eigenvalue weighted by atomic mass is 16.2. The summed E-state index contributed by atoms with van der Waals surface area (Å²) in [6.45, 7) is 4.93. The Balaban J connectivity index is 1.55. The quantitative estimate of drug-likeness (QED) is 0.628. The van der Waals surface area contributed by atoms with Crippen LogP contribution in [-0.4, -0.2) is 38.2 Å². The van der Waals surface area contributed by atoms with Crippen LogP contribution in [0.3, 0.4) is 0 Å². The molecule has 0 N–H and O–H groups in total. The fourth-order valence-corrected chi connectivity index (χ4v) is 5.01. The Kier molecular flexibility index (Phi) is 4.84. The van der Waals surface area contributed by atoms with Gasteiger partial charge in [0.25, 0.3) is 5.91 Å². The Hall–Kier alpha value is -2.69. The van der Waals surface area contributed by atoms with Gasteiger partial charge in [-0.15, -0.1) is 0 Å². The zero-order valence-corrected chi connectivity index (χ0v) is 18.2. The zero-order chi connectivity index (χ0) is 20.8. The highest BCUT2D eigenvalue weighted by Crippen LogP contribution is 2.40. The average molecular weight is 403 g/mol. The van der Waals surface area contributed by atoms with Crippen molar-refractivity contribution in [2.24, 2.45) is 7.05 Å². The summed E-state index contributed by atoms with van der Waals surface area (Å²) in [5, 5.41) is 5.51. The van der Waals surface area contributed by atoms with Gasteiger partial charge in [-0.05, 0) is 62.6 Å². The lowest BCUT2D eigenvalue weighted by Crippen LogP contribution is -2.44. The summed E-state index contributed by atoms with van der Waals surface area (Å²) in [6, 6.07) is 11.0. The minimum atomic E-state index is 0.145. The topological polar surface area (TPSA) is 51.0 Å². The predicted octanol–water partition coefficient (Wildman–Crippen LogP) is 4.56. The molecule has 2 aliphatic carbocycles. The van der Waals surface area contributed by atoms with Crippen LogP contribution in [-0.2, 0) is 19.9 Å². The van der Waals surface area contributed by atoms with Crippen LogP contribution in [0.25, 0.3) is 11.0 Å². The Morgan fingerprint density at radius 3 is 2.70 bits per heavy atom. The number of carbonyl (C=O) groups is 1. The number of rotatable bonds is 5. The van der Waals surface area contributed by atoms with Gasteiger partial charge < -0.3 is 4.90 Å². The lowest BCUT2D eigenvalue weighted by Gasteiger charge is -2.35. The van der Waals surface area contributed by atoms with Crippen LogP contribution < -0.4 is 0 Å². The third-order valence-electron chi connectivity index (χ3n) is 6.70. The molecule has 1 atom stereocenters. The first-order chi connectivity index (χ1) is 14.6. The molecule has 5 nitrogen and oxygen atoms in total. The highest BCUT2D eigenvalue weighted by molar-refractivity contribution is 6.06. The molecule has 30 heavy (non-hydrogen) atoms. The molecule has 1 saturated carbocycles. The number of nitrogens with zero attached hydrogens (tertiary/aromatic N) is 4. The van der Waals surface area contributed by atoms with Crippen molar-refractivity contribution >= 4 is 16.9 Å². The fraction of sp³-hybridized carbons (Fsp3) is 0.480. The molecule has 2 aromatic heterocycles. The fourth-order valence-electron chi connectivity index (χ4n) is 5.01. The van der Waals surface area contributed by atoms with E-state index in [4.69, 9.17) is 4.98 Å². The Morgan fingerprint density at radius 1 is 1.20 bits per heavy atom. The summed E-state index contributed by atoms with van der Waals surface area (Å²) >= 11 is 0. The standard InChI is InChI=1S/C25H30N4O/c1-4-13-29(20-12-11-17-7-5-6-8-19(17)14-20)25(30)21-15-22(18-9-10-18)26-24-23(21)16(2)27-28(24)3/h5-8,15,18,20H,4,9-14H2,1-3H3. The molecule has 0 spiro atoms. The second kappa shape index (κ2) is 7.53. The Bertz CT molecular complexity index is 1110. The molecule has 3 aromatic rings. The monoisotopic (exact) mass is 402 g/mol. The van der Waals surface area contributed by atoms with Crippen LogP contribution in [0.5, 0.6) is 0 Å². The first-order valence-electron chi connectivity index (χ1n) is 11.3.